The Labute approximate surface area is 100 Å². The van der Waals surface area contributed by atoms with Crippen LogP contribution in [0.2, 0.25) is 0 Å². The van der Waals surface area contributed by atoms with Crippen LogP contribution in [0.1, 0.15) is 49.7 Å². The molecule has 2 rings (SSSR count). The first-order chi connectivity index (χ1) is 8.11. The second-order valence-electron chi connectivity index (χ2n) is 4.93. The summed E-state index contributed by atoms with van der Waals surface area (Å²) in [6.07, 6.45) is 4.17. The maximum atomic E-state index is 13.5. The second-order valence-corrected chi connectivity index (χ2v) is 4.93. The van der Waals surface area contributed by atoms with Crippen LogP contribution in [0.4, 0.5) is 8.78 Å². The average Bonchev–Trinajstić information content (AvgIpc) is 2.29. The van der Waals surface area contributed by atoms with Crippen LogP contribution < -0.4 is 0 Å². The fourth-order valence-corrected chi connectivity index (χ4v) is 2.53. The van der Waals surface area contributed by atoms with Gasteiger partial charge in [0.25, 0.3) is 0 Å². The molecule has 0 heterocycles. The summed E-state index contributed by atoms with van der Waals surface area (Å²) in [6, 6.07) is 4.19. The number of nitriles is 1. The minimum absolute atomic E-state index is 0.239. The van der Waals surface area contributed by atoms with Crippen molar-refractivity contribution < 1.29 is 8.78 Å². The van der Waals surface area contributed by atoms with Gasteiger partial charge in [-0.3, -0.25) is 0 Å². The SMILES string of the molecule is C[C@H]1CC[C@H](c2cc(F)c(C#N)c(F)c2)CC1. The Balaban J connectivity index is 2.26. The Morgan fingerprint density at radius 2 is 1.65 bits per heavy atom. The van der Waals surface area contributed by atoms with E-state index in [0.29, 0.717) is 11.5 Å². The van der Waals surface area contributed by atoms with Gasteiger partial charge in [0, 0.05) is 0 Å². The molecular weight excluding hydrogens is 220 g/mol. The first kappa shape index (κ1) is 12.0. The number of halogens is 2. The minimum Gasteiger partial charge on any atom is -0.205 e. The first-order valence-electron chi connectivity index (χ1n) is 6.01. The lowest BCUT2D eigenvalue weighted by molar-refractivity contribution is 0.346. The maximum Gasteiger partial charge on any atom is 0.144 e. The van der Waals surface area contributed by atoms with Gasteiger partial charge >= 0.3 is 0 Å². The van der Waals surface area contributed by atoms with E-state index in [1.165, 1.54) is 12.1 Å². The van der Waals surface area contributed by atoms with Gasteiger partial charge in [0.05, 0.1) is 0 Å². The summed E-state index contributed by atoms with van der Waals surface area (Å²) in [6.45, 7) is 2.20. The predicted molar refractivity (Wildman–Crippen MR) is 61.4 cm³/mol. The molecular formula is C14H15F2N. The number of nitrogens with zero attached hydrogens (tertiary/aromatic N) is 1. The number of benzene rings is 1. The summed E-state index contributed by atoms with van der Waals surface area (Å²) in [5, 5.41) is 8.61. The Hall–Kier alpha value is -1.43. The Morgan fingerprint density at radius 1 is 1.12 bits per heavy atom. The van der Waals surface area contributed by atoms with Crippen LogP contribution in [0, 0.1) is 28.9 Å². The van der Waals surface area contributed by atoms with Gasteiger partial charge in [-0.25, -0.2) is 8.78 Å². The molecule has 90 valence electrons. The molecule has 0 spiro atoms. The standard InChI is InChI=1S/C14H15F2N/c1-9-2-4-10(5-3-9)11-6-13(15)12(8-17)14(16)7-11/h6-7,9-10H,2-5H2,1H3/t9-,10-. The third-order valence-electron chi connectivity index (χ3n) is 3.66. The van der Waals surface area contributed by atoms with E-state index in [9.17, 15) is 8.78 Å². The maximum absolute atomic E-state index is 13.5. The molecule has 1 nitrogen and oxygen atoms in total. The Morgan fingerprint density at radius 3 is 2.12 bits per heavy atom. The molecule has 0 saturated heterocycles. The van der Waals surface area contributed by atoms with Crippen molar-refractivity contribution >= 4 is 0 Å². The summed E-state index contributed by atoms with van der Waals surface area (Å²) in [4.78, 5) is 0. The Bertz CT molecular complexity index is 431. The lowest BCUT2D eigenvalue weighted by Crippen LogP contribution is -2.11. The molecule has 0 atom stereocenters. The van der Waals surface area contributed by atoms with Crippen LogP contribution in [0.3, 0.4) is 0 Å². The predicted octanol–water partition coefficient (Wildman–Crippen LogP) is 4.13. The highest BCUT2D eigenvalue weighted by Gasteiger charge is 2.22. The van der Waals surface area contributed by atoms with Gasteiger partial charge in [-0.1, -0.05) is 19.8 Å². The number of hydrogen-bond donors (Lipinski definition) is 0. The molecule has 0 bridgehead atoms. The largest absolute Gasteiger partial charge is 0.205 e. The van der Waals surface area contributed by atoms with E-state index >= 15 is 0 Å². The van der Waals surface area contributed by atoms with Crippen molar-refractivity contribution in [2.75, 3.05) is 0 Å². The van der Waals surface area contributed by atoms with Crippen LogP contribution >= 0.6 is 0 Å². The first-order valence-corrected chi connectivity index (χ1v) is 6.01. The van der Waals surface area contributed by atoms with Gasteiger partial charge in [-0.15, -0.1) is 0 Å². The molecule has 0 N–H and O–H groups in total. The average molecular weight is 235 g/mol. The number of rotatable bonds is 1. The highest BCUT2D eigenvalue weighted by atomic mass is 19.1. The van der Waals surface area contributed by atoms with Crippen LogP contribution in [0.5, 0.6) is 0 Å². The normalized spacial score (nSPS) is 24.4. The van der Waals surface area contributed by atoms with Crippen LogP contribution in [0.15, 0.2) is 12.1 Å². The zero-order valence-corrected chi connectivity index (χ0v) is 9.84. The minimum atomic E-state index is -0.735. The fourth-order valence-electron chi connectivity index (χ4n) is 2.53. The summed E-state index contributed by atoms with van der Waals surface area (Å²) in [5.41, 5.74) is 0.226. The third kappa shape index (κ3) is 2.46. The topological polar surface area (TPSA) is 23.8 Å². The molecule has 1 aliphatic carbocycles. The molecule has 1 saturated carbocycles. The van der Waals surface area contributed by atoms with E-state index in [-0.39, 0.29) is 5.92 Å². The molecule has 1 aromatic carbocycles. The highest BCUT2D eigenvalue weighted by molar-refractivity contribution is 5.36. The number of hydrogen-bond acceptors (Lipinski definition) is 1. The van der Waals surface area contributed by atoms with Crippen molar-refractivity contribution in [3.05, 3.63) is 34.9 Å². The lowest BCUT2D eigenvalue weighted by atomic mass is 9.79. The molecule has 0 radical (unpaired) electrons. The summed E-state index contributed by atoms with van der Waals surface area (Å²) in [7, 11) is 0. The van der Waals surface area contributed by atoms with Crippen molar-refractivity contribution in [3.63, 3.8) is 0 Å². The van der Waals surface area contributed by atoms with Gasteiger partial charge in [-0.05, 0) is 42.4 Å². The summed E-state index contributed by atoms with van der Waals surface area (Å²) < 4.78 is 27.0. The molecule has 0 unspecified atom stereocenters. The molecule has 1 fully saturated rings. The van der Waals surface area contributed by atoms with Crippen LogP contribution in [0.25, 0.3) is 0 Å². The second kappa shape index (κ2) is 4.83. The van der Waals surface area contributed by atoms with E-state index in [0.717, 1.165) is 25.7 Å². The van der Waals surface area contributed by atoms with E-state index in [1.807, 2.05) is 0 Å². The summed E-state index contributed by atoms with van der Waals surface area (Å²) in [5.74, 6) is -0.524. The fraction of sp³-hybridized carbons (Fsp3) is 0.500. The highest BCUT2D eigenvalue weighted by Crippen LogP contribution is 2.36. The van der Waals surface area contributed by atoms with Crippen LogP contribution in [-0.2, 0) is 0 Å². The van der Waals surface area contributed by atoms with Crippen molar-refractivity contribution in [1.29, 1.82) is 5.26 Å². The van der Waals surface area contributed by atoms with Crippen molar-refractivity contribution in [2.24, 2.45) is 5.92 Å². The third-order valence-corrected chi connectivity index (χ3v) is 3.66. The lowest BCUT2D eigenvalue weighted by Gasteiger charge is -2.26. The molecule has 0 amide bonds. The Kier molecular flexibility index (Phi) is 3.42. The zero-order valence-electron chi connectivity index (χ0n) is 9.84. The molecule has 3 heteroatoms. The monoisotopic (exact) mass is 235 g/mol. The van der Waals surface area contributed by atoms with Crippen molar-refractivity contribution in [2.45, 2.75) is 38.5 Å². The van der Waals surface area contributed by atoms with E-state index in [2.05, 4.69) is 6.92 Å². The molecule has 1 aliphatic rings. The zero-order chi connectivity index (χ0) is 12.4. The van der Waals surface area contributed by atoms with E-state index in [1.54, 1.807) is 6.07 Å². The molecule has 17 heavy (non-hydrogen) atoms. The van der Waals surface area contributed by atoms with Gasteiger partial charge < -0.3 is 0 Å². The van der Waals surface area contributed by atoms with Gasteiger partial charge in [-0.2, -0.15) is 5.26 Å². The van der Waals surface area contributed by atoms with Gasteiger partial charge in [0.1, 0.15) is 23.3 Å². The smallest absolute Gasteiger partial charge is 0.144 e. The molecule has 0 aliphatic heterocycles. The van der Waals surface area contributed by atoms with Gasteiger partial charge in [0.15, 0.2) is 0 Å². The van der Waals surface area contributed by atoms with Gasteiger partial charge in [0.2, 0.25) is 0 Å². The molecule has 1 aromatic rings. The van der Waals surface area contributed by atoms with Crippen molar-refractivity contribution in [1.82, 2.24) is 0 Å². The van der Waals surface area contributed by atoms with Crippen molar-refractivity contribution in [3.8, 4) is 6.07 Å². The van der Waals surface area contributed by atoms with E-state index < -0.39 is 17.2 Å². The quantitative estimate of drug-likeness (QED) is 0.718. The summed E-state index contributed by atoms with van der Waals surface area (Å²) >= 11 is 0. The molecule has 0 aromatic heterocycles. The van der Waals surface area contributed by atoms with Crippen LogP contribution in [-0.4, -0.2) is 0 Å². The van der Waals surface area contributed by atoms with E-state index in [4.69, 9.17) is 5.26 Å².